The van der Waals surface area contributed by atoms with Gasteiger partial charge in [0, 0.05) is 5.41 Å². The number of fused-ring (bicyclic) bond motifs is 2. The SMILES string of the molecule is CCOC(=O)[C@@H]1CC12Cc1ccc(O)cc12. The minimum atomic E-state index is -0.0866. The predicted octanol–water partition coefficient (Wildman–Crippen LogP) is 1.77. The molecule has 3 heteroatoms. The van der Waals surface area contributed by atoms with Gasteiger partial charge in [0.2, 0.25) is 0 Å². The fourth-order valence-electron chi connectivity index (χ4n) is 2.86. The van der Waals surface area contributed by atoms with Gasteiger partial charge in [-0.1, -0.05) is 6.07 Å². The molecule has 0 heterocycles. The van der Waals surface area contributed by atoms with Gasteiger partial charge in [-0.25, -0.2) is 0 Å². The molecular weight excluding hydrogens is 204 g/mol. The smallest absolute Gasteiger partial charge is 0.309 e. The van der Waals surface area contributed by atoms with E-state index in [1.54, 1.807) is 12.1 Å². The number of esters is 1. The van der Waals surface area contributed by atoms with Gasteiger partial charge in [-0.05, 0) is 43.0 Å². The van der Waals surface area contributed by atoms with Crippen molar-refractivity contribution in [3.63, 3.8) is 0 Å². The number of phenolic OH excluding ortho intramolecular Hbond substituents is 1. The molecule has 2 atom stereocenters. The molecule has 16 heavy (non-hydrogen) atoms. The second kappa shape index (κ2) is 3.00. The van der Waals surface area contributed by atoms with Crippen molar-refractivity contribution >= 4 is 5.97 Å². The molecule has 2 aliphatic rings. The van der Waals surface area contributed by atoms with Crippen LogP contribution >= 0.6 is 0 Å². The zero-order valence-corrected chi connectivity index (χ0v) is 9.19. The molecule has 0 amide bonds. The summed E-state index contributed by atoms with van der Waals surface area (Å²) in [6.07, 6.45) is 1.83. The van der Waals surface area contributed by atoms with Crippen LogP contribution in [0.5, 0.6) is 5.75 Å². The molecule has 1 aromatic rings. The number of phenols is 1. The molecule has 0 aliphatic heterocycles. The lowest BCUT2D eigenvalue weighted by Crippen LogP contribution is -2.29. The maximum atomic E-state index is 11.6. The van der Waals surface area contributed by atoms with Crippen molar-refractivity contribution in [2.75, 3.05) is 6.61 Å². The van der Waals surface area contributed by atoms with Gasteiger partial charge in [-0.15, -0.1) is 0 Å². The maximum absolute atomic E-state index is 11.6. The highest BCUT2D eigenvalue weighted by atomic mass is 16.5. The van der Waals surface area contributed by atoms with Crippen molar-refractivity contribution < 1.29 is 14.6 Å². The first-order valence-electron chi connectivity index (χ1n) is 5.66. The van der Waals surface area contributed by atoms with E-state index in [1.807, 2.05) is 13.0 Å². The molecule has 0 bridgehead atoms. The van der Waals surface area contributed by atoms with Gasteiger partial charge in [-0.2, -0.15) is 0 Å². The third-order valence-electron chi connectivity index (χ3n) is 3.78. The monoisotopic (exact) mass is 218 g/mol. The molecule has 2 aliphatic carbocycles. The number of aromatic hydroxyl groups is 1. The lowest BCUT2D eigenvalue weighted by molar-refractivity contribution is -0.145. The Labute approximate surface area is 94.0 Å². The van der Waals surface area contributed by atoms with Crippen LogP contribution in [-0.4, -0.2) is 17.7 Å². The minimum absolute atomic E-state index is 0.000324. The van der Waals surface area contributed by atoms with Gasteiger partial charge < -0.3 is 9.84 Å². The Balaban J connectivity index is 1.84. The molecule has 0 saturated heterocycles. The Bertz CT molecular complexity index is 466. The lowest BCUT2D eigenvalue weighted by Gasteiger charge is -2.31. The van der Waals surface area contributed by atoms with Crippen molar-refractivity contribution in [1.82, 2.24) is 0 Å². The maximum Gasteiger partial charge on any atom is 0.309 e. The van der Waals surface area contributed by atoms with Crippen molar-refractivity contribution in [2.24, 2.45) is 5.92 Å². The summed E-state index contributed by atoms with van der Waals surface area (Å²) in [5, 5.41) is 9.44. The number of hydrogen-bond donors (Lipinski definition) is 1. The summed E-state index contributed by atoms with van der Waals surface area (Å²) in [5.41, 5.74) is 2.40. The Hall–Kier alpha value is -1.51. The topological polar surface area (TPSA) is 46.5 Å². The van der Waals surface area contributed by atoms with Crippen molar-refractivity contribution in [3.05, 3.63) is 29.3 Å². The van der Waals surface area contributed by atoms with Crippen LogP contribution in [0.1, 0.15) is 24.5 Å². The van der Waals surface area contributed by atoms with E-state index in [1.165, 1.54) is 5.56 Å². The molecule has 1 N–H and O–H groups in total. The Morgan fingerprint density at radius 2 is 2.44 bits per heavy atom. The molecule has 3 rings (SSSR count). The van der Waals surface area contributed by atoms with Gasteiger partial charge in [0.05, 0.1) is 12.5 Å². The molecular formula is C13H14O3. The first-order chi connectivity index (χ1) is 7.67. The Kier molecular flexibility index (Phi) is 1.82. The molecule has 0 aromatic heterocycles. The molecule has 84 valence electrons. The zero-order valence-electron chi connectivity index (χ0n) is 9.19. The Morgan fingerprint density at radius 1 is 1.62 bits per heavy atom. The number of rotatable bonds is 2. The van der Waals surface area contributed by atoms with E-state index in [0.29, 0.717) is 6.61 Å². The number of carbonyl (C=O) groups excluding carboxylic acids is 1. The van der Waals surface area contributed by atoms with Gasteiger partial charge >= 0.3 is 5.97 Å². The fraction of sp³-hybridized carbons (Fsp3) is 0.462. The average Bonchev–Trinajstić information content (AvgIpc) is 2.98. The highest BCUT2D eigenvalue weighted by Crippen LogP contribution is 2.64. The molecule has 1 spiro atoms. The zero-order chi connectivity index (χ0) is 11.3. The average molecular weight is 218 g/mol. The highest BCUT2D eigenvalue weighted by Gasteiger charge is 2.65. The number of hydrogen-bond acceptors (Lipinski definition) is 3. The molecule has 3 nitrogen and oxygen atoms in total. The van der Waals surface area contributed by atoms with Gasteiger partial charge in [0.1, 0.15) is 5.75 Å². The van der Waals surface area contributed by atoms with Crippen LogP contribution in [0.2, 0.25) is 0 Å². The normalized spacial score (nSPS) is 29.4. The number of benzene rings is 1. The summed E-state index contributed by atoms with van der Waals surface area (Å²) in [7, 11) is 0. The van der Waals surface area contributed by atoms with E-state index >= 15 is 0 Å². The molecule has 1 unspecified atom stereocenters. The summed E-state index contributed by atoms with van der Waals surface area (Å²) in [5.74, 6) is 0.213. The quantitative estimate of drug-likeness (QED) is 0.769. The molecule has 1 fully saturated rings. The van der Waals surface area contributed by atoms with Crippen LogP contribution < -0.4 is 0 Å². The van der Waals surface area contributed by atoms with Crippen LogP contribution in [0.15, 0.2) is 18.2 Å². The standard InChI is InChI=1S/C13H14O3/c1-2-16-12(15)11-7-13(11)6-8-3-4-9(14)5-10(8)13/h3-5,11,14H,2,6-7H2,1H3/t11-,13?/m0/s1. The second-order valence-corrected chi connectivity index (χ2v) is 4.68. The lowest BCUT2D eigenvalue weighted by atomic mass is 9.73. The number of carbonyl (C=O) groups is 1. The Morgan fingerprint density at radius 3 is 3.19 bits per heavy atom. The van der Waals surface area contributed by atoms with Crippen LogP contribution in [-0.2, 0) is 21.4 Å². The van der Waals surface area contributed by atoms with E-state index in [-0.39, 0.29) is 23.1 Å². The number of ether oxygens (including phenoxy) is 1. The summed E-state index contributed by atoms with van der Waals surface area (Å²) >= 11 is 0. The predicted molar refractivity (Wildman–Crippen MR) is 58.2 cm³/mol. The van der Waals surface area contributed by atoms with Crippen molar-refractivity contribution in [3.8, 4) is 5.75 Å². The third kappa shape index (κ3) is 1.11. The van der Waals surface area contributed by atoms with Gasteiger partial charge in [0.25, 0.3) is 0 Å². The van der Waals surface area contributed by atoms with E-state index < -0.39 is 0 Å². The van der Waals surface area contributed by atoms with Crippen LogP contribution in [0.3, 0.4) is 0 Å². The first-order valence-corrected chi connectivity index (χ1v) is 5.66. The van der Waals surface area contributed by atoms with Crippen molar-refractivity contribution in [2.45, 2.75) is 25.2 Å². The van der Waals surface area contributed by atoms with E-state index in [0.717, 1.165) is 18.4 Å². The highest BCUT2D eigenvalue weighted by molar-refractivity contribution is 5.81. The fourth-order valence-corrected chi connectivity index (χ4v) is 2.86. The van der Waals surface area contributed by atoms with E-state index in [2.05, 4.69) is 0 Å². The van der Waals surface area contributed by atoms with Crippen LogP contribution in [0, 0.1) is 5.92 Å². The van der Waals surface area contributed by atoms with E-state index in [9.17, 15) is 9.90 Å². The first kappa shape index (κ1) is 9.70. The minimum Gasteiger partial charge on any atom is -0.508 e. The van der Waals surface area contributed by atoms with Gasteiger partial charge in [-0.3, -0.25) is 4.79 Å². The second-order valence-electron chi connectivity index (χ2n) is 4.68. The van der Waals surface area contributed by atoms with E-state index in [4.69, 9.17) is 4.74 Å². The van der Waals surface area contributed by atoms with Crippen molar-refractivity contribution in [1.29, 1.82) is 0 Å². The summed E-state index contributed by atoms with van der Waals surface area (Å²) in [4.78, 5) is 11.6. The summed E-state index contributed by atoms with van der Waals surface area (Å²) < 4.78 is 5.04. The summed E-state index contributed by atoms with van der Waals surface area (Å²) in [6.45, 7) is 2.27. The largest absolute Gasteiger partial charge is 0.508 e. The van der Waals surface area contributed by atoms with Crippen LogP contribution in [0.4, 0.5) is 0 Å². The molecule has 1 saturated carbocycles. The molecule has 1 aromatic carbocycles. The van der Waals surface area contributed by atoms with Crippen LogP contribution in [0.25, 0.3) is 0 Å². The summed E-state index contributed by atoms with van der Waals surface area (Å²) in [6, 6.07) is 5.43. The molecule has 0 radical (unpaired) electrons. The third-order valence-corrected chi connectivity index (χ3v) is 3.78. The van der Waals surface area contributed by atoms with Gasteiger partial charge in [0.15, 0.2) is 0 Å².